The zero-order chi connectivity index (χ0) is 14.5. The van der Waals surface area contributed by atoms with Gasteiger partial charge in [-0.1, -0.05) is 0 Å². The van der Waals surface area contributed by atoms with Gasteiger partial charge in [-0.2, -0.15) is 0 Å². The highest BCUT2D eigenvalue weighted by Gasteiger charge is 2.34. The van der Waals surface area contributed by atoms with Crippen LogP contribution in [-0.2, 0) is 23.2 Å². The predicted molar refractivity (Wildman–Crippen MR) is 69.7 cm³/mol. The van der Waals surface area contributed by atoms with E-state index in [1.165, 1.54) is 0 Å². The van der Waals surface area contributed by atoms with Gasteiger partial charge in [0.05, 0.1) is 25.4 Å². The fraction of sp³-hybridized carbons (Fsp3) is 0.818. The number of rotatable bonds is 7. The Morgan fingerprint density at radius 3 is 2.42 bits per heavy atom. The predicted octanol–water partition coefficient (Wildman–Crippen LogP) is 0.729. The molecule has 0 radical (unpaired) electrons. The van der Waals surface area contributed by atoms with Gasteiger partial charge < -0.3 is 14.8 Å². The summed E-state index contributed by atoms with van der Waals surface area (Å²) in [5.74, 6) is -0.706. The Morgan fingerprint density at radius 1 is 1.32 bits per heavy atom. The molecule has 1 aliphatic rings. The van der Waals surface area contributed by atoms with Gasteiger partial charge in [-0.05, 0) is 20.3 Å². The van der Waals surface area contributed by atoms with Crippen LogP contribution in [0.25, 0.3) is 0 Å². The highest BCUT2D eigenvalue weighted by molar-refractivity contribution is 7.53. The molecule has 0 saturated carbocycles. The summed E-state index contributed by atoms with van der Waals surface area (Å²) in [5, 5.41) is 0. The molecule has 1 aliphatic heterocycles. The molecule has 2 amide bonds. The van der Waals surface area contributed by atoms with Crippen LogP contribution < -0.4 is 5.73 Å². The van der Waals surface area contributed by atoms with Gasteiger partial charge in [0, 0.05) is 13.0 Å². The lowest BCUT2D eigenvalue weighted by Gasteiger charge is -2.29. The molecule has 8 heteroatoms. The molecule has 1 atom stereocenters. The van der Waals surface area contributed by atoms with Gasteiger partial charge in [-0.3, -0.25) is 19.1 Å². The molecule has 0 aromatic heterocycles. The van der Waals surface area contributed by atoms with E-state index in [1.807, 2.05) is 0 Å². The second-order valence-electron chi connectivity index (χ2n) is 4.20. The zero-order valence-corrected chi connectivity index (χ0v) is 12.2. The largest absolute Gasteiger partial charge is 0.332 e. The summed E-state index contributed by atoms with van der Waals surface area (Å²) in [4.78, 5) is 24.5. The third kappa shape index (κ3) is 4.38. The quantitative estimate of drug-likeness (QED) is 0.548. The maximum absolute atomic E-state index is 12.2. The molecule has 7 nitrogen and oxygen atoms in total. The molecule has 1 rings (SSSR count). The minimum Gasteiger partial charge on any atom is -0.320 e. The number of nitrogens with two attached hydrogens (primary N) is 1. The van der Waals surface area contributed by atoms with E-state index in [4.69, 9.17) is 14.8 Å². The van der Waals surface area contributed by atoms with E-state index < -0.39 is 19.5 Å². The summed E-state index contributed by atoms with van der Waals surface area (Å²) in [6.45, 7) is 3.93. The molecule has 1 fully saturated rings. The first-order chi connectivity index (χ1) is 8.93. The fourth-order valence-electron chi connectivity index (χ4n) is 1.88. The molecule has 1 heterocycles. The standard InChI is InChI=1S/C11H21N2O5P/c1-3-17-19(16,18-4-2)8-7-13-10(14)6-5-9(12)11(13)15/h9H,3-8,12H2,1-2H3. The average Bonchev–Trinajstić information content (AvgIpc) is 2.35. The van der Waals surface area contributed by atoms with Crippen molar-refractivity contribution in [2.45, 2.75) is 32.7 Å². The normalized spacial score (nSPS) is 21.0. The van der Waals surface area contributed by atoms with Crippen molar-refractivity contribution in [2.75, 3.05) is 25.9 Å². The van der Waals surface area contributed by atoms with Crippen LogP contribution in [0.1, 0.15) is 26.7 Å². The monoisotopic (exact) mass is 292 g/mol. The van der Waals surface area contributed by atoms with Crippen LogP contribution in [0.15, 0.2) is 0 Å². The Balaban J connectivity index is 2.64. The van der Waals surface area contributed by atoms with Crippen LogP contribution in [0.5, 0.6) is 0 Å². The molecular formula is C11H21N2O5P. The van der Waals surface area contributed by atoms with Crippen molar-refractivity contribution in [3.05, 3.63) is 0 Å². The van der Waals surface area contributed by atoms with Gasteiger partial charge in [-0.15, -0.1) is 0 Å². The van der Waals surface area contributed by atoms with E-state index in [1.54, 1.807) is 13.8 Å². The zero-order valence-electron chi connectivity index (χ0n) is 11.3. The first-order valence-electron chi connectivity index (χ1n) is 6.41. The first kappa shape index (κ1) is 16.3. The Hall–Kier alpha value is -0.750. The molecule has 1 unspecified atom stereocenters. The Morgan fingerprint density at radius 2 is 1.89 bits per heavy atom. The SMILES string of the molecule is CCOP(=O)(CCN1C(=O)CCC(N)C1=O)OCC. The van der Waals surface area contributed by atoms with Gasteiger partial charge in [0.1, 0.15) is 0 Å². The third-order valence-corrected chi connectivity index (χ3v) is 4.85. The van der Waals surface area contributed by atoms with Crippen LogP contribution in [-0.4, -0.2) is 48.7 Å². The number of amides is 2. The van der Waals surface area contributed by atoms with E-state index in [0.29, 0.717) is 6.42 Å². The maximum Gasteiger partial charge on any atom is 0.332 e. The lowest BCUT2D eigenvalue weighted by atomic mass is 10.1. The number of nitrogens with zero attached hydrogens (tertiary/aromatic N) is 1. The molecule has 0 aliphatic carbocycles. The maximum atomic E-state index is 12.2. The minimum atomic E-state index is -3.25. The van der Waals surface area contributed by atoms with E-state index >= 15 is 0 Å². The van der Waals surface area contributed by atoms with Crippen LogP contribution in [0, 0.1) is 0 Å². The number of carbonyl (C=O) groups is 2. The Bertz CT molecular complexity index is 377. The average molecular weight is 292 g/mol. The molecule has 1 saturated heterocycles. The fourth-order valence-corrected chi connectivity index (χ4v) is 3.44. The van der Waals surface area contributed by atoms with Crippen molar-refractivity contribution in [3.8, 4) is 0 Å². The van der Waals surface area contributed by atoms with Gasteiger partial charge in [0.2, 0.25) is 11.8 Å². The minimum absolute atomic E-state index is 0.00111. The second kappa shape index (κ2) is 7.14. The van der Waals surface area contributed by atoms with E-state index in [2.05, 4.69) is 0 Å². The number of hydrogen-bond donors (Lipinski definition) is 1. The van der Waals surface area contributed by atoms with E-state index in [-0.39, 0.29) is 38.2 Å². The van der Waals surface area contributed by atoms with Crippen molar-refractivity contribution in [2.24, 2.45) is 5.73 Å². The van der Waals surface area contributed by atoms with Gasteiger partial charge in [0.25, 0.3) is 0 Å². The summed E-state index contributed by atoms with van der Waals surface area (Å²) in [5.41, 5.74) is 5.61. The van der Waals surface area contributed by atoms with Crippen LogP contribution in [0.3, 0.4) is 0 Å². The number of piperidine rings is 1. The molecule has 0 bridgehead atoms. The molecule has 0 aromatic carbocycles. The van der Waals surface area contributed by atoms with Crippen molar-refractivity contribution < 1.29 is 23.2 Å². The lowest BCUT2D eigenvalue weighted by Crippen LogP contribution is -2.52. The number of imide groups is 1. The van der Waals surface area contributed by atoms with Crippen LogP contribution >= 0.6 is 7.60 Å². The van der Waals surface area contributed by atoms with Crippen molar-refractivity contribution >= 4 is 19.4 Å². The Labute approximate surface area is 112 Å². The van der Waals surface area contributed by atoms with Crippen molar-refractivity contribution in [3.63, 3.8) is 0 Å². The highest BCUT2D eigenvalue weighted by Crippen LogP contribution is 2.47. The Kier molecular flexibility index (Phi) is 6.13. The van der Waals surface area contributed by atoms with Gasteiger partial charge >= 0.3 is 7.60 Å². The first-order valence-corrected chi connectivity index (χ1v) is 8.14. The van der Waals surface area contributed by atoms with E-state index in [0.717, 1.165) is 4.90 Å². The van der Waals surface area contributed by atoms with Crippen LogP contribution in [0.4, 0.5) is 0 Å². The lowest BCUT2D eigenvalue weighted by molar-refractivity contribution is -0.148. The van der Waals surface area contributed by atoms with Crippen molar-refractivity contribution in [1.82, 2.24) is 4.90 Å². The molecule has 19 heavy (non-hydrogen) atoms. The van der Waals surface area contributed by atoms with Crippen molar-refractivity contribution in [1.29, 1.82) is 0 Å². The number of carbonyl (C=O) groups excluding carboxylic acids is 2. The molecule has 0 spiro atoms. The summed E-state index contributed by atoms with van der Waals surface area (Å²) >= 11 is 0. The molecule has 2 N–H and O–H groups in total. The summed E-state index contributed by atoms with van der Waals surface area (Å²) < 4.78 is 22.4. The molecule has 0 aromatic rings. The topological polar surface area (TPSA) is 98.9 Å². The van der Waals surface area contributed by atoms with Gasteiger partial charge in [0.15, 0.2) is 0 Å². The number of likely N-dealkylation sites (tertiary alicyclic amines) is 1. The summed E-state index contributed by atoms with van der Waals surface area (Å²) in [7, 11) is -3.25. The smallest absolute Gasteiger partial charge is 0.320 e. The third-order valence-electron chi connectivity index (χ3n) is 2.80. The van der Waals surface area contributed by atoms with E-state index in [9.17, 15) is 14.2 Å². The van der Waals surface area contributed by atoms with Crippen LogP contribution in [0.2, 0.25) is 0 Å². The molecule has 110 valence electrons. The summed E-state index contributed by atoms with van der Waals surface area (Å²) in [6.07, 6.45) is 0.599. The highest BCUT2D eigenvalue weighted by atomic mass is 31.2. The second-order valence-corrected chi connectivity index (χ2v) is 6.38. The summed E-state index contributed by atoms with van der Waals surface area (Å²) in [6, 6.07) is -0.656. The number of hydrogen-bond acceptors (Lipinski definition) is 6. The molecular weight excluding hydrogens is 271 g/mol. The van der Waals surface area contributed by atoms with Gasteiger partial charge in [-0.25, -0.2) is 0 Å².